The standard InChI is InChI=1S/C62H53BN2OS/c1-60(2,3)41-27-31-51(45(35-41)39-20-12-9-13-21-39)64-57-55-47(37-48-43-22-14-16-24-53(43)66-58(48)57)46-34-40(38-18-10-8-11-19-38)26-30-52(46)65(63(55)56-44-23-15-17-25-54(44)67-59(56)64)42-28-29-49-50(36-42)62(6,7)33-32-61(49,4)5/h8-31,34-37H,32-33H2,1-7H3. The third-order valence-electron chi connectivity index (χ3n) is 15.5. The van der Waals surface area contributed by atoms with Crippen molar-refractivity contribution in [2.45, 2.75) is 77.6 Å². The Bertz CT molecular complexity index is 3650. The first kappa shape index (κ1) is 40.5. The monoisotopic (exact) mass is 884 g/mol. The molecule has 0 saturated heterocycles. The molecule has 67 heavy (non-hydrogen) atoms. The van der Waals surface area contributed by atoms with Gasteiger partial charge in [0, 0.05) is 38.0 Å². The Labute approximate surface area is 398 Å². The summed E-state index contributed by atoms with van der Waals surface area (Å²) in [5.74, 6) is 0. The summed E-state index contributed by atoms with van der Waals surface area (Å²) in [4.78, 5) is 5.32. The molecule has 2 aliphatic heterocycles. The highest BCUT2D eigenvalue weighted by Crippen LogP contribution is 2.56. The van der Waals surface area contributed by atoms with Crippen LogP contribution in [0.2, 0.25) is 0 Å². The summed E-state index contributed by atoms with van der Waals surface area (Å²) in [5, 5.41) is 4.78. The molecule has 1 aliphatic carbocycles. The van der Waals surface area contributed by atoms with E-state index >= 15 is 0 Å². The highest BCUT2D eigenvalue weighted by Gasteiger charge is 2.49. The Balaban J connectivity index is 1.20. The van der Waals surface area contributed by atoms with E-state index in [1.807, 2.05) is 11.3 Å². The molecule has 0 radical (unpaired) electrons. The highest BCUT2D eigenvalue weighted by atomic mass is 32.1. The number of nitrogens with zero attached hydrogens (tertiary/aromatic N) is 2. The molecule has 8 aromatic carbocycles. The van der Waals surface area contributed by atoms with Crippen molar-refractivity contribution in [3.63, 3.8) is 0 Å². The Morgan fingerprint density at radius 1 is 0.537 bits per heavy atom. The molecule has 0 spiro atoms. The zero-order chi connectivity index (χ0) is 45.6. The van der Waals surface area contributed by atoms with Crippen molar-refractivity contribution in [2.24, 2.45) is 0 Å². The predicted molar refractivity (Wildman–Crippen MR) is 288 cm³/mol. The summed E-state index contributed by atoms with van der Waals surface area (Å²) in [5.41, 5.74) is 20.7. The number of thiophene rings is 1. The minimum atomic E-state index is -0.160. The van der Waals surface area contributed by atoms with Gasteiger partial charge in [-0.25, -0.2) is 0 Å². The van der Waals surface area contributed by atoms with Crippen LogP contribution in [-0.2, 0) is 16.2 Å². The number of fused-ring (bicyclic) bond motifs is 11. The lowest BCUT2D eigenvalue weighted by Gasteiger charge is -2.46. The van der Waals surface area contributed by atoms with Crippen LogP contribution in [-0.4, -0.2) is 6.85 Å². The van der Waals surface area contributed by atoms with Crippen LogP contribution in [0.1, 0.15) is 78.0 Å². The van der Waals surface area contributed by atoms with Crippen LogP contribution >= 0.6 is 11.3 Å². The molecule has 10 aromatic rings. The Morgan fingerprint density at radius 3 is 1.97 bits per heavy atom. The van der Waals surface area contributed by atoms with Gasteiger partial charge in [0.2, 0.25) is 0 Å². The fourth-order valence-electron chi connectivity index (χ4n) is 11.8. The van der Waals surface area contributed by atoms with Gasteiger partial charge in [-0.05, 0) is 139 Å². The topological polar surface area (TPSA) is 19.6 Å². The van der Waals surface area contributed by atoms with Crippen LogP contribution in [0.3, 0.4) is 0 Å². The Kier molecular flexibility index (Phi) is 8.66. The predicted octanol–water partition coefficient (Wildman–Crippen LogP) is 16.5. The van der Waals surface area contributed by atoms with Gasteiger partial charge in [0.15, 0.2) is 5.58 Å². The largest absolute Gasteiger partial charge is 0.454 e. The van der Waals surface area contributed by atoms with E-state index in [1.54, 1.807) is 0 Å². The summed E-state index contributed by atoms with van der Waals surface area (Å²) in [6.07, 6.45) is 2.33. The van der Waals surface area contributed by atoms with Gasteiger partial charge in [-0.15, -0.1) is 11.3 Å². The number of hydrogen-bond donors (Lipinski definition) is 0. The smallest absolute Gasteiger partial charge is 0.334 e. The quantitative estimate of drug-likeness (QED) is 0.164. The van der Waals surface area contributed by atoms with Crippen LogP contribution in [0.5, 0.6) is 0 Å². The average Bonchev–Trinajstić information content (AvgIpc) is 3.92. The summed E-state index contributed by atoms with van der Waals surface area (Å²) in [7, 11) is 0. The molecule has 0 bridgehead atoms. The maximum atomic E-state index is 7.28. The molecule has 4 heterocycles. The third kappa shape index (κ3) is 6.03. The number of para-hydroxylation sites is 1. The van der Waals surface area contributed by atoms with Gasteiger partial charge in [0.05, 0.1) is 16.4 Å². The molecule has 0 N–H and O–H groups in total. The van der Waals surface area contributed by atoms with Gasteiger partial charge < -0.3 is 9.23 Å². The fraction of sp³-hybridized carbons (Fsp3) is 0.194. The Hall–Kier alpha value is -6.82. The van der Waals surface area contributed by atoms with Crippen LogP contribution < -0.4 is 20.6 Å². The number of furan rings is 1. The van der Waals surface area contributed by atoms with Gasteiger partial charge in [-0.3, -0.25) is 4.90 Å². The number of anilines is 5. The lowest BCUT2D eigenvalue weighted by Crippen LogP contribution is -2.61. The Morgan fingerprint density at radius 2 is 1.21 bits per heavy atom. The molecule has 3 nitrogen and oxygen atoms in total. The van der Waals surface area contributed by atoms with Crippen LogP contribution in [0, 0.1) is 0 Å². The number of rotatable bonds is 4. The zero-order valence-corrected chi connectivity index (χ0v) is 40.2. The SMILES string of the molecule is CC(C)(C)c1ccc(N2c3sc4ccccc4c3B3c4c(cc5c(oc6ccccc65)c42)-c2cc(-c4ccccc4)ccc2N3c2ccc3c(c2)C(C)(C)CCC3(C)C)c(-c2ccccc2)c1. The van der Waals surface area contributed by atoms with Crippen molar-refractivity contribution in [2.75, 3.05) is 9.71 Å². The van der Waals surface area contributed by atoms with E-state index in [1.165, 1.54) is 93.9 Å². The minimum absolute atomic E-state index is 0.0385. The molecule has 0 amide bonds. The van der Waals surface area contributed by atoms with Crippen LogP contribution in [0.15, 0.2) is 174 Å². The first-order valence-electron chi connectivity index (χ1n) is 24.0. The van der Waals surface area contributed by atoms with Gasteiger partial charge in [0.25, 0.3) is 0 Å². The second kappa shape index (κ2) is 14.3. The molecule has 0 saturated carbocycles. The van der Waals surface area contributed by atoms with Gasteiger partial charge in [-0.2, -0.15) is 0 Å². The van der Waals surface area contributed by atoms with Crippen LogP contribution in [0.4, 0.5) is 27.8 Å². The zero-order valence-electron chi connectivity index (χ0n) is 39.4. The molecule has 13 rings (SSSR count). The van der Waals surface area contributed by atoms with Crippen molar-refractivity contribution >= 4 is 88.9 Å². The third-order valence-corrected chi connectivity index (χ3v) is 16.7. The highest BCUT2D eigenvalue weighted by molar-refractivity contribution is 7.26. The minimum Gasteiger partial charge on any atom is -0.454 e. The lowest BCUT2D eigenvalue weighted by atomic mass is 9.43. The van der Waals surface area contributed by atoms with Crippen molar-refractivity contribution in [1.29, 1.82) is 0 Å². The molecule has 0 atom stereocenters. The molecule has 326 valence electrons. The molecule has 0 fully saturated rings. The summed E-state index contributed by atoms with van der Waals surface area (Å²) in [6, 6.07) is 63.9. The van der Waals surface area contributed by atoms with E-state index in [0.717, 1.165) is 39.7 Å². The van der Waals surface area contributed by atoms with E-state index in [9.17, 15) is 0 Å². The summed E-state index contributed by atoms with van der Waals surface area (Å²) in [6.45, 7) is 16.5. The number of benzene rings is 8. The van der Waals surface area contributed by atoms with Gasteiger partial charge in [-0.1, -0.05) is 164 Å². The van der Waals surface area contributed by atoms with Crippen molar-refractivity contribution < 1.29 is 4.42 Å². The van der Waals surface area contributed by atoms with Crippen LogP contribution in [0.25, 0.3) is 65.4 Å². The summed E-state index contributed by atoms with van der Waals surface area (Å²) >= 11 is 1.90. The molecular weight excluding hydrogens is 832 g/mol. The molecule has 2 aromatic heterocycles. The fourth-order valence-corrected chi connectivity index (χ4v) is 13.0. The van der Waals surface area contributed by atoms with Crippen molar-refractivity contribution in [1.82, 2.24) is 0 Å². The molecular formula is C62H53BN2OS. The maximum absolute atomic E-state index is 7.28. The maximum Gasteiger partial charge on any atom is 0.334 e. The molecule has 0 unspecified atom stereocenters. The normalized spacial score (nSPS) is 15.7. The molecule has 3 aliphatic rings. The van der Waals surface area contributed by atoms with E-state index in [4.69, 9.17) is 4.42 Å². The first-order chi connectivity index (χ1) is 32.4. The second-order valence-electron chi connectivity index (χ2n) is 21.5. The van der Waals surface area contributed by atoms with E-state index in [-0.39, 0.29) is 23.1 Å². The lowest BCUT2D eigenvalue weighted by molar-refractivity contribution is 0.332. The summed E-state index contributed by atoms with van der Waals surface area (Å²) < 4.78 is 8.55. The second-order valence-corrected chi connectivity index (χ2v) is 22.6. The first-order valence-corrected chi connectivity index (χ1v) is 24.8. The van der Waals surface area contributed by atoms with Crippen molar-refractivity contribution in [3.05, 3.63) is 187 Å². The van der Waals surface area contributed by atoms with E-state index in [2.05, 4.69) is 228 Å². The van der Waals surface area contributed by atoms with E-state index in [0.29, 0.717) is 0 Å². The van der Waals surface area contributed by atoms with Gasteiger partial charge in [0.1, 0.15) is 5.58 Å². The molecule has 5 heteroatoms. The van der Waals surface area contributed by atoms with E-state index < -0.39 is 0 Å². The average molecular weight is 885 g/mol. The number of hydrogen-bond acceptors (Lipinski definition) is 4. The van der Waals surface area contributed by atoms with Gasteiger partial charge >= 0.3 is 6.85 Å². The van der Waals surface area contributed by atoms with Crippen molar-refractivity contribution in [3.8, 4) is 33.4 Å².